The number of nitrogens with zero attached hydrogens (tertiary/aromatic N) is 3. The van der Waals surface area contributed by atoms with Gasteiger partial charge in [-0.1, -0.05) is 19.1 Å². The van der Waals surface area contributed by atoms with Gasteiger partial charge in [-0.2, -0.15) is 0 Å². The first kappa shape index (κ1) is 17.3. The fourth-order valence-electron chi connectivity index (χ4n) is 4.63. The summed E-state index contributed by atoms with van der Waals surface area (Å²) in [7, 11) is 2.13. The van der Waals surface area contributed by atoms with Gasteiger partial charge in [-0.15, -0.1) is 0 Å². The van der Waals surface area contributed by atoms with E-state index < -0.39 is 0 Å². The quantitative estimate of drug-likeness (QED) is 0.767. The highest BCUT2D eigenvalue weighted by Gasteiger charge is 2.49. The Balaban J connectivity index is 1.74. The van der Waals surface area contributed by atoms with Gasteiger partial charge in [-0.3, -0.25) is 14.5 Å². The lowest BCUT2D eigenvalue weighted by atomic mass is 9.80. The van der Waals surface area contributed by atoms with Crippen LogP contribution in [-0.2, 0) is 4.79 Å². The van der Waals surface area contributed by atoms with Gasteiger partial charge in [0.2, 0.25) is 0 Å². The van der Waals surface area contributed by atoms with Crippen LogP contribution in [-0.4, -0.2) is 60.3 Å². The molecule has 3 aliphatic heterocycles. The number of hydrogen-bond acceptors (Lipinski definition) is 4. The summed E-state index contributed by atoms with van der Waals surface area (Å²) >= 11 is 0. The molecule has 4 rings (SSSR count). The number of Topliss-reactive ketones (excluding diaryl/α,β-unsaturated/α-hetero) is 1. The second kappa shape index (κ2) is 5.95. The number of piperazine rings is 1. The number of benzene rings is 1. The molecule has 26 heavy (non-hydrogen) atoms. The second-order valence-electron chi connectivity index (χ2n) is 8.51. The number of carbonyl (C=O) groups is 2. The summed E-state index contributed by atoms with van der Waals surface area (Å²) in [5.74, 6) is -0.398. The van der Waals surface area contributed by atoms with Gasteiger partial charge < -0.3 is 9.80 Å². The molecule has 5 heteroatoms. The zero-order chi connectivity index (χ0) is 18.6. The van der Waals surface area contributed by atoms with Crippen molar-refractivity contribution in [1.82, 2.24) is 9.80 Å². The third-order valence-electron chi connectivity index (χ3n) is 6.03. The van der Waals surface area contributed by atoms with Crippen molar-refractivity contribution in [2.45, 2.75) is 38.6 Å². The van der Waals surface area contributed by atoms with E-state index in [9.17, 15) is 9.59 Å². The summed E-state index contributed by atoms with van der Waals surface area (Å²) in [6.07, 6.45) is 4.94. The van der Waals surface area contributed by atoms with Gasteiger partial charge in [0, 0.05) is 31.7 Å². The standard InChI is InChI=1S/C21H27N3O2/c1-14-13-21(2,3)24-18-16(14)6-5-15(17(18)19(25)20(24)26)7-8-23-11-9-22(4)10-12-23/h5-8,14H,9-13H2,1-4H3/b8-7+. The van der Waals surface area contributed by atoms with Crippen molar-refractivity contribution < 1.29 is 9.59 Å². The van der Waals surface area contributed by atoms with Gasteiger partial charge in [0.25, 0.3) is 11.7 Å². The first-order chi connectivity index (χ1) is 12.3. The molecule has 0 aliphatic carbocycles. The first-order valence-electron chi connectivity index (χ1n) is 9.46. The highest BCUT2D eigenvalue weighted by atomic mass is 16.2. The Bertz CT molecular complexity index is 804. The minimum Gasteiger partial charge on any atom is -0.375 e. The van der Waals surface area contributed by atoms with Crippen LogP contribution in [0.2, 0.25) is 0 Å². The number of ketones is 1. The Labute approximate surface area is 155 Å². The summed E-state index contributed by atoms with van der Waals surface area (Å²) < 4.78 is 0. The molecule has 3 aliphatic rings. The summed E-state index contributed by atoms with van der Waals surface area (Å²) in [5, 5.41) is 0. The lowest BCUT2D eigenvalue weighted by Crippen LogP contribution is -2.50. The van der Waals surface area contributed by atoms with E-state index >= 15 is 0 Å². The van der Waals surface area contributed by atoms with Crippen LogP contribution in [0.4, 0.5) is 5.69 Å². The van der Waals surface area contributed by atoms with Crippen LogP contribution in [0.3, 0.4) is 0 Å². The number of rotatable bonds is 2. The van der Waals surface area contributed by atoms with Crippen molar-refractivity contribution in [2.75, 3.05) is 38.1 Å². The lowest BCUT2D eigenvalue weighted by Gasteiger charge is -2.43. The average Bonchev–Trinajstić information content (AvgIpc) is 2.86. The van der Waals surface area contributed by atoms with Crippen molar-refractivity contribution in [1.29, 1.82) is 0 Å². The molecule has 0 spiro atoms. The Kier molecular flexibility index (Phi) is 3.95. The van der Waals surface area contributed by atoms with Crippen molar-refractivity contribution in [3.8, 4) is 0 Å². The van der Waals surface area contributed by atoms with Gasteiger partial charge in [0.1, 0.15) is 0 Å². The number of anilines is 1. The molecule has 1 fully saturated rings. The minimum atomic E-state index is -0.376. The van der Waals surface area contributed by atoms with Crippen LogP contribution in [0.5, 0.6) is 0 Å². The highest BCUT2D eigenvalue weighted by Crippen LogP contribution is 2.49. The highest BCUT2D eigenvalue weighted by molar-refractivity contribution is 6.53. The second-order valence-corrected chi connectivity index (χ2v) is 8.51. The normalized spacial score (nSPS) is 25.3. The fraction of sp³-hybridized carbons (Fsp3) is 0.524. The van der Waals surface area contributed by atoms with Crippen molar-refractivity contribution in [2.24, 2.45) is 0 Å². The molecule has 138 valence electrons. The summed E-state index contributed by atoms with van der Waals surface area (Å²) in [4.78, 5) is 31.9. The largest absolute Gasteiger partial charge is 0.375 e. The van der Waals surface area contributed by atoms with E-state index in [1.807, 2.05) is 12.1 Å². The predicted octanol–water partition coefficient (Wildman–Crippen LogP) is 2.72. The molecular weight excluding hydrogens is 326 g/mol. The molecule has 0 saturated carbocycles. The smallest absolute Gasteiger partial charge is 0.300 e. The number of amides is 1. The maximum Gasteiger partial charge on any atom is 0.300 e. The molecule has 1 saturated heterocycles. The van der Waals surface area contributed by atoms with E-state index in [2.05, 4.69) is 49.9 Å². The molecule has 0 aromatic heterocycles. The number of likely N-dealkylation sites (N-methyl/N-ethyl adjacent to an activating group) is 1. The molecule has 0 N–H and O–H groups in total. The van der Waals surface area contributed by atoms with Crippen LogP contribution in [0.15, 0.2) is 18.3 Å². The molecule has 0 radical (unpaired) electrons. The molecule has 1 unspecified atom stereocenters. The van der Waals surface area contributed by atoms with Crippen LogP contribution in [0, 0.1) is 0 Å². The summed E-state index contributed by atoms with van der Waals surface area (Å²) in [6.45, 7) is 10.3. The van der Waals surface area contributed by atoms with E-state index in [0.717, 1.165) is 49.4 Å². The topological polar surface area (TPSA) is 43.9 Å². The molecule has 1 atom stereocenters. The van der Waals surface area contributed by atoms with E-state index in [4.69, 9.17) is 0 Å². The number of hydrogen-bond donors (Lipinski definition) is 0. The molecule has 1 aromatic rings. The Morgan fingerprint density at radius 2 is 1.81 bits per heavy atom. The molecule has 1 aromatic carbocycles. The third-order valence-corrected chi connectivity index (χ3v) is 6.03. The van der Waals surface area contributed by atoms with Gasteiger partial charge in [0.05, 0.1) is 11.3 Å². The summed E-state index contributed by atoms with van der Waals surface area (Å²) in [6, 6.07) is 4.10. The first-order valence-corrected chi connectivity index (χ1v) is 9.46. The Morgan fingerprint density at radius 3 is 2.50 bits per heavy atom. The third kappa shape index (κ3) is 2.57. The predicted molar refractivity (Wildman–Crippen MR) is 103 cm³/mol. The van der Waals surface area contributed by atoms with Crippen LogP contribution < -0.4 is 4.90 Å². The van der Waals surface area contributed by atoms with E-state index in [1.54, 1.807) is 4.90 Å². The van der Waals surface area contributed by atoms with Gasteiger partial charge in [0.15, 0.2) is 0 Å². The monoisotopic (exact) mass is 353 g/mol. The molecule has 0 bridgehead atoms. The van der Waals surface area contributed by atoms with Crippen molar-refractivity contribution in [3.05, 3.63) is 35.0 Å². The molecular formula is C21H27N3O2. The zero-order valence-corrected chi connectivity index (χ0v) is 16.1. The Hall–Kier alpha value is -2.14. The fourth-order valence-corrected chi connectivity index (χ4v) is 4.63. The van der Waals surface area contributed by atoms with Gasteiger partial charge in [-0.25, -0.2) is 0 Å². The van der Waals surface area contributed by atoms with E-state index in [1.165, 1.54) is 0 Å². The molecule has 1 amide bonds. The van der Waals surface area contributed by atoms with Gasteiger partial charge in [-0.05, 0) is 56.6 Å². The van der Waals surface area contributed by atoms with Crippen molar-refractivity contribution >= 4 is 23.5 Å². The average molecular weight is 353 g/mol. The SMILES string of the molecule is CC1CC(C)(C)N2C(=O)C(=O)c3c(/C=C/N4CCN(C)CC4)ccc1c32. The number of carbonyl (C=O) groups excluding carboxylic acids is 2. The van der Waals surface area contributed by atoms with E-state index in [0.29, 0.717) is 11.5 Å². The maximum absolute atomic E-state index is 12.8. The van der Waals surface area contributed by atoms with Crippen LogP contribution in [0.1, 0.15) is 54.6 Å². The van der Waals surface area contributed by atoms with Crippen LogP contribution >= 0.6 is 0 Å². The Morgan fingerprint density at radius 1 is 1.12 bits per heavy atom. The maximum atomic E-state index is 12.8. The zero-order valence-electron chi connectivity index (χ0n) is 16.1. The lowest BCUT2D eigenvalue weighted by molar-refractivity contribution is -0.115. The van der Waals surface area contributed by atoms with E-state index in [-0.39, 0.29) is 17.2 Å². The minimum absolute atomic E-state index is 0.329. The van der Waals surface area contributed by atoms with Crippen LogP contribution in [0.25, 0.3) is 6.08 Å². The molecule has 3 heterocycles. The summed E-state index contributed by atoms with van der Waals surface area (Å²) in [5.41, 5.74) is 3.09. The van der Waals surface area contributed by atoms with Gasteiger partial charge >= 0.3 is 0 Å². The molecule has 5 nitrogen and oxygen atoms in total. The van der Waals surface area contributed by atoms with Crippen molar-refractivity contribution in [3.63, 3.8) is 0 Å².